The Bertz CT molecular complexity index is 721. The zero-order valence-electron chi connectivity index (χ0n) is 13.8. The van der Waals surface area contributed by atoms with Gasteiger partial charge in [0.25, 0.3) is 4.84 Å². The van der Waals surface area contributed by atoms with E-state index in [1.165, 1.54) is 12.7 Å². The first kappa shape index (κ1) is 17.4. The smallest absolute Gasteiger partial charge is 0.309 e. The molecule has 1 heterocycles. The molecule has 6 nitrogen and oxygen atoms in total. The third kappa shape index (κ3) is 4.49. The Hall–Kier alpha value is -1.99. The molecule has 0 saturated carbocycles. The van der Waals surface area contributed by atoms with Gasteiger partial charge in [-0.05, 0) is 38.3 Å². The summed E-state index contributed by atoms with van der Waals surface area (Å²) in [5.41, 5.74) is 2.05. The minimum Gasteiger partial charge on any atom is -0.469 e. The van der Waals surface area contributed by atoms with Crippen LogP contribution >= 0.6 is 12.2 Å². The molecule has 23 heavy (non-hydrogen) atoms. The first-order chi connectivity index (χ1) is 10.9. The lowest BCUT2D eigenvalue weighted by Crippen LogP contribution is -2.31. The Kier molecular flexibility index (Phi) is 5.68. The molecule has 0 bridgehead atoms. The van der Waals surface area contributed by atoms with Crippen LogP contribution < -0.4 is 0 Å². The lowest BCUT2D eigenvalue weighted by molar-refractivity contribution is -0.145. The molecule has 2 rings (SSSR count). The van der Waals surface area contributed by atoms with Gasteiger partial charge in [0.2, 0.25) is 5.89 Å². The van der Waals surface area contributed by atoms with Crippen molar-refractivity contribution >= 4 is 18.2 Å². The van der Waals surface area contributed by atoms with Gasteiger partial charge in [-0.2, -0.15) is 0 Å². The van der Waals surface area contributed by atoms with E-state index >= 15 is 0 Å². The van der Waals surface area contributed by atoms with E-state index in [2.05, 4.69) is 5.10 Å². The zero-order valence-corrected chi connectivity index (χ0v) is 14.6. The molecule has 0 saturated heterocycles. The molecule has 7 heteroatoms. The number of hydrogen-bond donors (Lipinski definition) is 0. The molecule has 0 fully saturated rings. The fourth-order valence-electron chi connectivity index (χ4n) is 2.24. The fraction of sp³-hybridized carbons (Fsp3) is 0.438. The van der Waals surface area contributed by atoms with E-state index in [1.54, 1.807) is 4.68 Å². The van der Waals surface area contributed by atoms with Crippen molar-refractivity contribution < 1.29 is 13.9 Å². The minimum atomic E-state index is -0.235. The summed E-state index contributed by atoms with van der Waals surface area (Å²) >= 11 is 5.22. The van der Waals surface area contributed by atoms with Crippen LogP contribution in [0.2, 0.25) is 0 Å². The summed E-state index contributed by atoms with van der Waals surface area (Å²) in [5.74, 6) is 0.0352. The summed E-state index contributed by atoms with van der Waals surface area (Å²) in [6.45, 7) is 4.83. The molecule has 1 aromatic carbocycles. The summed E-state index contributed by atoms with van der Waals surface area (Å²) in [5, 5.41) is 4.41. The standard InChI is InChI=1S/C16H21N3O3S/c1-11-5-7-13(8-6-11)14-17-19(16(23)22-14)10-18(3)9-12(2)15(20)21-4/h5-8,12H,9-10H2,1-4H3/t12-/m1/s1. The van der Waals surface area contributed by atoms with Crippen LogP contribution in [-0.4, -0.2) is 41.4 Å². The predicted molar refractivity (Wildman–Crippen MR) is 89.3 cm³/mol. The number of hydrogen-bond acceptors (Lipinski definition) is 6. The first-order valence-electron chi connectivity index (χ1n) is 7.32. The second-order valence-corrected chi connectivity index (χ2v) is 5.99. The zero-order chi connectivity index (χ0) is 17.0. The normalized spacial score (nSPS) is 12.4. The highest BCUT2D eigenvalue weighted by Crippen LogP contribution is 2.18. The molecule has 0 aliphatic carbocycles. The maximum Gasteiger partial charge on any atom is 0.309 e. The van der Waals surface area contributed by atoms with Crippen molar-refractivity contribution in [1.82, 2.24) is 14.7 Å². The number of methoxy groups -OCH3 is 1. The van der Waals surface area contributed by atoms with E-state index < -0.39 is 0 Å². The largest absolute Gasteiger partial charge is 0.469 e. The number of aromatic nitrogens is 2. The predicted octanol–water partition coefficient (Wildman–Crippen LogP) is 2.88. The van der Waals surface area contributed by atoms with Crippen LogP contribution in [0.4, 0.5) is 0 Å². The van der Waals surface area contributed by atoms with Crippen LogP contribution in [0.1, 0.15) is 12.5 Å². The molecule has 2 aromatic rings. The molecular formula is C16H21N3O3S. The monoisotopic (exact) mass is 335 g/mol. The van der Waals surface area contributed by atoms with Gasteiger partial charge in [0.15, 0.2) is 0 Å². The van der Waals surface area contributed by atoms with Crippen LogP contribution in [0, 0.1) is 17.7 Å². The van der Waals surface area contributed by atoms with Gasteiger partial charge < -0.3 is 9.15 Å². The summed E-state index contributed by atoms with van der Waals surface area (Å²) in [4.78, 5) is 13.7. The Morgan fingerprint density at radius 3 is 2.70 bits per heavy atom. The Labute approximate surface area is 140 Å². The second kappa shape index (κ2) is 7.52. The number of carbonyl (C=O) groups is 1. The number of aryl methyl sites for hydroxylation is 1. The van der Waals surface area contributed by atoms with Gasteiger partial charge in [-0.1, -0.05) is 24.6 Å². The molecular weight excluding hydrogens is 314 g/mol. The van der Waals surface area contributed by atoms with E-state index in [0.29, 0.717) is 23.9 Å². The van der Waals surface area contributed by atoms with Crippen molar-refractivity contribution in [3.05, 3.63) is 34.7 Å². The summed E-state index contributed by atoms with van der Waals surface area (Å²) in [6, 6.07) is 7.89. The Balaban J connectivity index is 2.08. The number of esters is 1. The highest BCUT2D eigenvalue weighted by atomic mass is 32.1. The average Bonchev–Trinajstić information content (AvgIpc) is 2.87. The van der Waals surface area contributed by atoms with Crippen molar-refractivity contribution in [3.8, 4) is 11.5 Å². The maximum absolute atomic E-state index is 11.5. The molecule has 1 aromatic heterocycles. The number of benzene rings is 1. The van der Waals surface area contributed by atoms with Gasteiger partial charge in [0.05, 0.1) is 19.7 Å². The van der Waals surface area contributed by atoms with Gasteiger partial charge >= 0.3 is 5.97 Å². The quantitative estimate of drug-likeness (QED) is 0.597. The van der Waals surface area contributed by atoms with Crippen molar-refractivity contribution in [2.75, 3.05) is 20.7 Å². The number of rotatable bonds is 6. The van der Waals surface area contributed by atoms with Crippen molar-refractivity contribution in [1.29, 1.82) is 0 Å². The molecule has 0 aliphatic heterocycles. The third-order valence-corrected chi connectivity index (χ3v) is 3.76. The van der Waals surface area contributed by atoms with Gasteiger partial charge in [0.1, 0.15) is 0 Å². The Morgan fingerprint density at radius 1 is 1.43 bits per heavy atom. The molecule has 1 atom stereocenters. The number of ether oxygens (including phenoxy) is 1. The van der Waals surface area contributed by atoms with Crippen molar-refractivity contribution in [2.24, 2.45) is 5.92 Å². The molecule has 0 amide bonds. The van der Waals surface area contributed by atoms with E-state index in [9.17, 15) is 4.79 Å². The second-order valence-electron chi connectivity index (χ2n) is 5.64. The highest BCUT2D eigenvalue weighted by Gasteiger charge is 2.16. The third-order valence-electron chi connectivity index (χ3n) is 3.47. The van der Waals surface area contributed by atoms with Crippen molar-refractivity contribution in [2.45, 2.75) is 20.5 Å². The molecule has 124 valence electrons. The van der Waals surface area contributed by atoms with E-state index in [0.717, 1.165) is 5.56 Å². The summed E-state index contributed by atoms with van der Waals surface area (Å²) in [7, 11) is 3.28. The lowest BCUT2D eigenvalue weighted by atomic mass is 10.1. The minimum absolute atomic E-state index is 0.220. The molecule has 0 unspecified atom stereocenters. The molecule has 0 aliphatic rings. The number of nitrogens with zero attached hydrogens (tertiary/aromatic N) is 3. The summed E-state index contributed by atoms with van der Waals surface area (Å²) < 4.78 is 11.9. The van der Waals surface area contributed by atoms with E-state index in [-0.39, 0.29) is 11.9 Å². The summed E-state index contributed by atoms with van der Waals surface area (Å²) in [6.07, 6.45) is 0. The van der Waals surface area contributed by atoms with E-state index in [1.807, 2.05) is 50.1 Å². The molecule has 0 radical (unpaired) electrons. The van der Waals surface area contributed by atoms with Crippen LogP contribution in [0.3, 0.4) is 0 Å². The van der Waals surface area contributed by atoms with Crippen LogP contribution in [-0.2, 0) is 16.2 Å². The van der Waals surface area contributed by atoms with Gasteiger partial charge in [0, 0.05) is 12.1 Å². The van der Waals surface area contributed by atoms with Crippen LogP contribution in [0.5, 0.6) is 0 Å². The Morgan fingerprint density at radius 2 is 2.09 bits per heavy atom. The highest BCUT2D eigenvalue weighted by molar-refractivity contribution is 7.71. The van der Waals surface area contributed by atoms with E-state index in [4.69, 9.17) is 21.4 Å². The van der Waals surface area contributed by atoms with Crippen LogP contribution in [0.15, 0.2) is 28.7 Å². The molecule has 0 spiro atoms. The lowest BCUT2D eigenvalue weighted by Gasteiger charge is -2.19. The maximum atomic E-state index is 11.5. The SMILES string of the molecule is COC(=O)[C@H](C)CN(C)Cn1nc(-c2ccc(C)cc2)oc1=S. The van der Waals surface area contributed by atoms with Gasteiger partial charge in [-0.25, -0.2) is 4.68 Å². The van der Waals surface area contributed by atoms with Gasteiger partial charge in [-0.15, -0.1) is 5.10 Å². The van der Waals surface area contributed by atoms with Crippen LogP contribution in [0.25, 0.3) is 11.5 Å². The van der Waals surface area contributed by atoms with Crippen molar-refractivity contribution in [3.63, 3.8) is 0 Å². The molecule has 0 N–H and O–H groups in total. The topological polar surface area (TPSA) is 60.5 Å². The van der Waals surface area contributed by atoms with Gasteiger partial charge in [-0.3, -0.25) is 9.69 Å². The fourth-order valence-corrected chi connectivity index (χ4v) is 2.42. The average molecular weight is 335 g/mol. The first-order valence-corrected chi connectivity index (χ1v) is 7.73. The number of carbonyl (C=O) groups excluding carboxylic acids is 1.